The van der Waals surface area contributed by atoms with Gasteiger partial charge in [0.15, 0.2) is 15.7 Å². The molecule has 0 spiro atoms. The van der Waals surface area contributed by atoms with Crippen LogP contribution in [0.2, 0.25) is 0 Å². The maximum atomic E-state index is 11.9. The second-order valence-corrected chi connectivity index (χ2v) is 7.97. The van der Waals surface area contributed by atoms with Gasteiger partial charge in [-0.2, -0.15) is 0 Å². The van der Waals surface area contributed by atoms with Crippen LogP contribution in [0.1, 0.15) is 27.7 Å². The highest BCUT2D eigenvalue weighted by Gasteiger charge is 2.36. The fourth-order valence-corrected chi connectivity index (χ4v) is 1.22. The van der Waals surface area contributed by atoms with Gasteiger partial charge in [0.05, 0.1) is 4.75 Å². The molecule has 4 N–H and O–H groups in total. The molecule has 0 heterocycles. The minimum absolute atomic E-state index is 0.0488. The Balaban J connectivity index is 4.83. The number of hydrogen-bond acceptors (Lipinski definition) is 5. The Labute approximate surface area is 107 Å². The molecule has 7 nitrogen and oxygen atoms in total. The van der Waals surface area contributed by atoms with Crippen LogP contribution >= 0.6 is 0 Å². The van der Waals surface area contributed by atoms with Crippen LogP contribution in [-0.4, -0.2) is 42.9 Å². The van der Waals surface area contributed by atoms with E-state index in [1.54, 1.807) is 0 Å². The van der Waals surface area contributed by atoms with Crippen molar-refractivity contribution in [2.75, 3.05) is 12.8 Å². The third-order valence-electron chi connectivity index (χ3n) is 2.99. The van der Waals surface area contributed by atoms with Crippen LogP contribution in [-0.2, 0) is 14.6 Å². The zero-order valence-corrected chi connectivity index (χ0v) is 12.1. The molecule has 106 valence electrons. The Morgan fingerprint density at radius 2 is 1.78 bits per heavy atom. The van der Waals surface area contributed by atoms with Crippen molar-refractivity contribution in [1.82, 2.24) is 5.32 Å². The normalized spacial score (nSPS) is 14.4. The van der Waals surface area contributed by atoms with E-state index in [4.69, 9.17) is 10.9 Å². The molecule has 0 aromatic carbocycles. The lowest BCUT2D eigenvalue weighted by Crippen LogP contribution is -2.51. The van der Waals surface area contributed by atoms with E-state index in [-0.39, 0.29) is 12.4 Å². The van der Waals surface area contributed by atoms with Gasteiger partial charge in [0.25, 0.3) is 0 Å². The molecule has 8 heteroatoms. The quantitative estimate of drug-likeness (QED) is 0.276. The molecule has 18 heavy (non-hydrogen) atoms. The average Bonchev–Trinajstić information content (AvgIpc) is 2.22. The zero-order chi connectivity index (χ0) is 14.8. The molecule has 1 amide bonds. The Morgan fingerprint density at radius 1 is 1.33 bits per heavy atom. The van der Waals surface area contributed by atoms with Crippen LogP contribution in [0.3, 0.4) is 0 Å². The summed E-state index contributed by atoms with van der Waals surface area (Å²) in [6.45, 7) is 5.93. The van der Waals surface area contributed by atoms with Crippen molar-refractivity contribution < 1.29 is 18.4 Å². The minimum Gasteiger partial charge on any atom is -0.409 e. The first-order valence-corrected chi connectivity index (χ1v) is 7.21. The summed E-state index contributed by atoms with van der Waals surface area (Å²) in [7, 11) is -3.29. The molecule has 0 aromatic rings. The Kier molecular flexibility index (Phi) is 4.76. The lowest BCUT2D eigenvalue weighted by atomic mass is 9.91. The minimum atomic E-state index is -3.29. The summed E-state index contributed by atoms with van der Waals surface area (Å²) in [4.78, 5) is 11.9. The van der Waals surface area contributed by atoms with Crippen molar-refractivity contribution in [2.45, 2.75) is 32.4 Å². The molecule has 0 aliphatic rings. The highest BCUT2D eigenvalue weighted by Crippen LogP contribution is 2.17. The number of nitrogens with zero attached hydrogens (tertiary/aromatic N) is 1. The van der Waals surface area contributed by atoms with Crippen LogP contribution in [0.25, 0.3) is 0 Å². The SMILES string of the molecule is CC(C)(C(=O)NCC(C)(C)S(C)(=O)=O)C(N)=NO. The van der Waals surface area contributed by atoms with Gasteiger partial charge in [0.2, 0.25) is 5.91 Å². The van der Waals surface area contributed by atoms with Crippen LogP contribution < -0.4 is 11.1 Å². The summed E-state index contributed by atoms with van der Waals surface area (Å²) in [5.41, 5.74) is 4.19. The maximum absolute atomic E-state index is 11.9. The molecule has 0 unspecified atom stereocenters. The van der Waals surface area contributed by atoms with Crippen LogP contribution in [0.5, 0.6) is 0 Å². The molecule has 0 radical (unpaired) electrons. The van der Waals surface area contributed by atoms with Crippen LogP contribution in [0.4, 0.5) is 0 Å². The average molecular weight is 279 g/mol. The lowest BCUT2D eigenvalue weighted by Gasteiger charge is -2.27. The molecule has 0 rings (SSSR count). The van der Waals surface area contributed by atoms with Crippen molar-refractivity contribution in [3.05, 3.63) is 0 Å². The van der Waals surface area contributed by atoms with E-state index in [0.29, 0.717) is 0 Å². The molecule has 0 atom stereocenters. The topological polar surface area (TPSA) is 122 Å². The molecular formula is C10H21N3O4S. The van der Waals surface area contributed by atoms with Crippen molar-refractivity contribution in [3.8, 4) is 0 Å². The Morgan fingerprint density at radius 3 is 2.11 bits per heavy atom. The van der Waals surface area contributed by atoms with Crippen molar-refractivity contribution in [2.24, 2.45) is 16.3 Å². The van der Waals surface area contributed by atoms with Gasteiger partial charge < -0.3 is 16.3 Å². The van der Waals surface area contributed by atoms with Gasteiger partial charge >= 0.3 is 0 Å². The third kappa shape index (κ3) is 3.59. The first-order valence-electron chi connectivity index (χ1n) is 5.32. The number of amides is 1. The van der Waals surface area contributed by atoms with Gasteiger partial charge in [-0.15, -0.1) is 0 Å². The summed E-state index contributed by atoms with van der Waals surface area (Å²) in [5, 5.41) is 13.8. The molecule has 0 fully saturated rings. The lowest BCUT2D eigenvalue weighted by molar-refractivity contribution is -0.126. The smallest absolute Gasteiger partial charge is 0.233 e. The number of nitrogens with two attached hydrogens (primary N) is 1. The number of rotatable bonds is 5. The first-order chi connectivity index (χ1) is 7.86. The number of nitrogens with one attached hydrogen (secondary N) is 1. The summed E-state index contributed by atoms with van der Waals surface area (Å²) in [6, 6.07) is 0. The van der Waals surface area contributed by atoms with Gasteiger partial charge in [-0.05, 0) is 27.7 Å². The summed E-state index contributed by atoms with van der Waals surface area (Å²) >= 11 is 0. The standard InChI is InChI=1S/C10H21N3O4S/c1-9(2,18(5,16)17)6-12-8(14)10(3,4)7(11)13-15/h15H,6H2,1-5H3,(H2,11,13)(H,12,14). The first kappa shape index (κ1) is 16.7. The fraction of sp³-hybridized carbons (Fsp3) is 0.800. The molecule has 0 aromatic heterocycles. The summed E-state index contributed by atoms with van der Waals surface area (Å²) < 4.78 is 21.9. The van der Waals surface area contributed by atoms with Gasteiger partial charge in [0, 0.05) is 12.8 Å². The molecule has 0 bridgehead atoms. The third-order valence-corrected chi connectivity index (χ3v) is 5.15. The molecule has 0 saturated heterocycles. The number of oxime groups is 1. The number of hydrogen-bond donors (Lipinski definition) is 3. The van der Waals surface area contributed by atoms with E-state index in [2.05, 4.69) is 10.5 Å². The fourth-order valence-electron chi connectivity index (χ4n) is 0.887. The highest BCUT2D eigenvalue weighted by atomic mass is 32.2. The molecular weight excluding hydrogens is 258 g/mol. The van der Waals surface area contributed by atoms with Gasteiger partial charge in [-0.3, -0.25) is 4.79 Å². The van der Waals surface area contributed by atoms with Crippen LogP contribution in [0.15, 0.2) is 5.16 Å². The second kappa shape index (κ2) is 5.13. The van der Waals surface area contributed by atoms with E-state index < -0.39 is 25.9 Å². The van der Waals surface area contributed by atoms with Gasteiger partial charge in [0.1, 0.15) is 5.41 Å². The number of carbonyl (C=O) groups excluding carboxylic acids is 1. The van der Waals surface area contributed by atoms with E-state index in [9.17, 15) is 13.2 Å². The highest BCUT2D eigenvalue weighted by molar-refractivity contribution is 7.92. The zero-order valence-electron chi connectivity index (χ0n) is 11.3. The van der Waals surface area contributed by atoms with E-state index >= 15 is 0 Å². The van der Waals surface area contributed by atoms with E-state index in [1.807, 2.05) is 0 Å². The van der Waals surface area contributed by atoms with E-state index in [0.717, 1.165) is 6.26 Å². The Hall–Kier alpha value is -1.31. The predicted molar refractivity (Wildman–Crippen MR) is 69.1 cm³/mol. The van der Waals surface area contributed by atoms with Crippen LogP contribution in [0, 0.1) is 5.41 Å². The monoisotopic (exact) mass is 279 g/mol. The van der Waals surface area contributed by atoms with Gasteiger partial charge in [-0.25, -0.2) is 8.42 Å². The summed E-state index contributed by atoms with van der Waals surface area (Å²) in [5.74, 6) is -0.744. The molecule has 0 aliphatic carbocycles. The largest absolute Gasteiger partial charge is 0.409 e. The van der Waals surface area contributed by atoms with Gasteiger partial charge in [-0.1, -0.05) is 5.16 Å². The number of carbonyl (C=O) groups is 1. The predicted octanol–water partition coefficient (Wildman–Crippen LogP) is -0.302. The number of sulfone groups is 1. The molecule has 0 saturated carbocycles. The summed E-state index contributed by atoms with van der Waals surface area (Å²) in [6.07, 6.45) is 1.11. The maximum Gasteiger partial charge on any atom is 0.233 e. The van der Waals surface area contributed by atoms with Crippen molar-refractivity contribution >= 4 is 21.6 Å². The second-order valence-electron chi connectivity index (χ2n) is 5.32. The van der Waals surface area contributed by atoms with E-state index in [1.165, 1.54) is 27.7 Å². The van der Waals surface area contributed by atoms with Crippen molar-refractivity contribution in [3.63, 3.8) is 0 Å². The number of amidine groups is 1. The molecule has 0 aliphatic heterocycles. The van der Waals surface area contributed by atoms with Crippen molar-refractivity contribution in [1.29, 1.82) is 0 Å². The Bertz CT molecular complexity index is 452.